The van der Waals surface area contributed by atoms with Gasteiger partial charge in [-0.25, -0.2) is 4.39 Å². The van der Waals surface area contributed by atoms with E-state index in [9.17, 15) is 26.3 Å². The van der Waals surface area contributed by atoms with Crippen LogP contribution in [-0.2, 0) is 4.74 Å². The predicted octanol–water partition coefficient (Wildman–Crippen LogP) is 7.70. The highest BCUT2D eigenvalue weighted by Crippen LogP contribution is 2.40. The molecule has 0 aromatic heterocycles. The summed E-state index contributed by atoms with van der Waals surface area (Å²) in [4.78, 5) is 0. The molecule has 2 nitrogen and oxygen atoms in total. The molecule has 8 heteroatoms. The maximum Gasteiger partial charge on any atom is 0.439 e. The van der Waals surface area contributed by atoms with Gasteiger partial charge in [-0.2, -0.15) is 22.0 Å². The summed E-state index contributed by atoms with van der Waals surface area (Å²) in [5.74, 6) is 7.44. The summed E-state index contributed by atoms with van der Waals surface area (Å²) in [5.41, 5.74) is 0.538. The third kappa shape index (κ3) is 7.56. The Morgan fingerprint density at radius 1 is 0.882 bits per heavy atom. The second-order valence-electron chi connectivity index (χ2n) is 9.38. The maximum atomic E-state index is 13.4. The Hall–Kier alpha value is -1.88. The molecule has 2 saturated carbocycles. The largest absolute Gasteiger partial charge is 0.439 e. The van der Waals surface area contributed by atoms with E-state index in [0.29, 0.717) is 11.7 Å². The van der Waals surface area contributed by atoms with Crippen LogP contribution in [0.15, 0.2) is 24.3 Å². The number of alkyl halides is 6. The van der Waals surface area contributed by atoms with E-state index in [4.69, 9.17) is 4.74 Å². The first kappa shape index (κ1) is 26.7. The van der Waals surface area contributed by atoms with E-state index in [1.54, 1.807) is 0 Å². The fourth-order valence-electron chi connectivity index (χ4n) is 4.94. The molecular weight excluding hydrogens is 458 g/mol. The second kappa shape index (κ2) is 11.7. The number of benzene rings is 1. The van der Waals surface area contributed by atoms with E-state index in [1.807, 2.05) is 0 Å². The monoisotopic (exact) mass is 490 g/mol. The van der Waals surface area contributed by atoms with Crippen LogP contribution >= 0.6 is 0 Å². The van der Waals surface area contributed by atoms with Gasteiger partial charge in [-0.1, -0.05) is 18.8 Å². The fraction of sp³-hybridized carbons (Fsp3) is 0.692. The van der Waals surface area contributed by atoms with Crippen LogP contribution in [0.1, 0.15) is 70.3 Å². The second-order valence-corrected chi connectivity index (χ2v) is 9.38. The molecule has 0 heterocycles. The molecule has 0 spiro atoms. The van der Waals surface area contributed by atoms with Crippen LogP contribution in [0.4, 0.5) is 26.3 Å². The minimum absolute atomic E-state index is 0.264. The van der Waals surface area contributed by atoms with Crippen LogP contribution < -0.4 is 4.74 Å². The standard InChI is InChI=1S/C26H32F6O2/c1-2-17-33-22-15-11-21(12-16-22)20-9-5-18(6-10-20)3-4-19-7-13-23(14-8-19)34-26(31,32)24(27)25(28,29)30/h7-8,13-14,18,20-22,24H,2,5-6,9-12,15-17H2,1H3. The summed E-state index contributed by atoms with van der Waals surface area (Å²) in [5, 5.41) is 0. The van der Waals surface area contributed by atoms with Crippen LogP contribution in [-0.4, -0.2) is 31.2 Å². The zero-order chi connectivity index (χ0) is 24.8. The third-order valence-corrected chi connectivity index (χ3v) is 6.83. The predicted molar refractivity (Wildman–Crippen MR) is 117 cm³/mol. The Morgan fingerprint density at radius 2 is 1.44 bits per heavy atom. The van der Waals surface area contributed by atoms with Crippen molar-refractivity contribution in [2.45, 2.75) is 89.3 Å². The van der Waals surface area contributed by atoms with Crippen molar-refractivity contribution in [3.63, 3.8) is 0 Å². The van der Waals surface area contributed by atoms with Crippen LogP contribution in [0.2, 0.25) is 0 Å². The van der Waals surface area contributed by atoms with Crippen molar-refractivity contribution >= 4 is 0 Å². The van der Waals surface area contributed by atoms with Gasteiger partial charge >= 0.3 is 12.3 Å². The van der Waals surface area contributed by atoms with E-state index in [0.717, 1.165) is 75.5 Å². The summed E-state index contributed by atoms with van der Waals surface area (Å²) in [6.07, 6.45) is -4.54. The van der Waals surface area contributed by atoms with Crippen molar-refractivity contribution in [3.05, 3.63) is 29.8 Å². The van der Waals surface area contributed by atoms with Crippen molar-refractivity contribution in [3.8, 4) is 17.6 Å². The van der Waals surface area contributed by atoms with Gasteiger partial charge in [-0.3, -0.25) is 0 Å². The van der Waals surface area contributed by atoms with E-state index in [1.165, 1.54) is 25.0 Å². The molecular formula is C26H32F6O2. The molecule has 1 unspecified atom stereocenters. The van der Waals surface area contributed by atoms with E-state index >= 15 is 0 Å². The van der Waals surface area contributed by atoms with Gasteiger partial charge in [-0.15, -0.1) is 0 Å². The summed E-state index contributed by atoms with van der Waals surface area (Å²) in [6, 6.07) is 4.89. The molecule has 1 aromatic rings. The van der Waals surface area contributed by atoms with Crippen molar-refractivity contribution in [1.29, 1.82) is 0 Å². The number of halogens is 6. The zero-order valence-electron chi connectivity index (χ0n) is 19.4. The maximum absolute atomic E-state index is 13.4. The first-order valence-electron chi connectivity index (χ1n) is 12.1. The summed E-state index contributed by atoms with van der Waals surface area (Å²) in [7, 11) is 0. The van der Waals surface area contributed by atoms with E-state index in [-0.39, 0.29) is 5.92 Å². The molecule has 1 atom stereocenters. The lowest BCUT2D eigenvalue weighted by Gasteiger charge is -2.37. The molecule has 0 bridgehead atoms. The Bertz CT molecular complexity index is 810. The Morgan fingerprint density at radius 3 is 1.97 bits per heavy atom. The number of ether oxygens (including phenoxy) is 2. The number of hydrogen-bond donors (Lipinski definition) is 0. The lowest BCUT2D eigenvalue weighted by molar-refractivity contribution is -0.304. The van der Waals surface area contributed by atoms with Crippen molar-refractivity contribution in [1.82, 2.24) is 0 Å². The first-order chi connectivity index (χ1) is 16.1. The minimum Gasteiger partial charge on any atom is -0.430 e. The average Bonchev–Trinajstić information content (AvgIpc) is 2.82. The van der Waals surface area contributed by atoms with E-state index in [2.05, 4.69) is 23.5 Å². The van der Waals surface area contributed by atoms with Gasteiger partial charge in [-0.05, 0) is 93.9 Å². The Balaban J connectivity index is 1.45. The van der Waals surface area contributed by atoms with Crippen LogP contribution in [0.5, 0.6) is 5.75 Å². The SMILES string of the molecule is CCCOC1CCC(C2CCC(C#Cc3ccc(OC(F)(F)C(F)C(F)(F)F)cc3)CC2)CC1. The molecule has 190 valence electrons. The van der Waals surface area contributed by atoms with E-state index < -0.39 is 24.2 Å². The normalized spacial score (nSPS) is 26.9. The van der Waals surface area contributed by atoms with Crippen LogP contribution in [0.25, 0.3) is 0 Å². The first-order valence-corrected chi connectivity index (χ1v) is 12.1. The summed E-state index contributed by atoms with van der Waals surface area (Å²) in [6.45, 7) is 2.97. The van der Waals surface area contributed by atoms with Gasteiger partial charge in [0, 0.05) is 18.1 Å². The molecule has 1 aromatic carbocycles. The summed E-state index contributed by atoms with van der Waals surface area (Å²) < 4.78 is 86.2. The average molecular weight is 491 g/mol. The quantitative estimate of drug-likeness (QED) is 0.288. The third-order valence-electron chi connectivity index (χ3n) is 6.83. The van der Waals surface area contributed by atoms with Crippen molar-refractivity contribution in [2.75, 3.05) is 6.61 Å². The highest BCUT2D eigenvalue weighted by Gasteiger charge is 2.59. The highest BCUT2D eigenvalue weighted by molar-refractivity contribution is 5.38. The Kier molecular flexibility index (Phi) is 9.20. The molecule has 0 saturated heterocycles. The zero-order valence-corrected chi connectivity index (χ0v) is 19.4. The van der Waals surface area contributed by atoms with Gasteiger partial charge in [0.05, 0.1) is 6.10 Å². The molecule has 2 fully saturated rings. The molecule has 34 heavy (non-hydrogen) atoms. The van der Waals surface area contributed by atoms with Gasteiger partial charge in [0.2, 0.25) is 0 Å². The van der Waals surface area contributed by atoms with Crippen molar-refractivity contribution in [2.24, 2.45) is 17.8 Å². The molecule has 0 amide bonds. The molecule has 2 aliphatic carbocycles. The number of rotatable bonds is 7. The van der Waals surface area contributed by atoms with Crippen molar-refractivity contribution < 1.29 is 35.8 Å². The minimum atomic E-state index is -5.71. The van der Waals surface area contributed by atoms with Gasteiger partial charge in [0.1, 0.15) is 5.75 Å². The molecule has 0 aliphatic heterocycles. The van der Waals surface area contributed by atoms with Gasteiger partial charge < -0.3 is 9.47 Å². The van der Waals surface area contributed by atoms with Crippen LogP contribution in [0.3, 0.4) is 0 Å². The van der Waals surface area contributed by atoms with Gasteiger partial charge in [0.25, 0.3) is 6.17 Å². The van der Waals surface area contributed by atoms with Gasteiger partial charge in [0.15, 0.2) is 0 Å². The molecule has 0 N–H and O–H groups in total. The van der Waals surface area contributed by atoms with Crippen LogP contribution in [0, 0.1) is 29.6 Å². The highest BCUT2D eigenvalue weighted by atomic mass is 19.4. The summed E-state index contributed by atoms with van der Waals surface area (Å²) >= 11 is 0. The molecule has 0 radical (unpaired) electrons. The topological polar surface area (TPSA) is 18.5 Å². The smallest absolute Gasteiger partial charge is 0.430 e. The Labute approximate surface area is 197 Å². The number of hydrogen-bond acceptors (Lipinski definition) is 2. The fourth-order valence-corrected chi connectivity index (χ4v) is 4.94. The molecule has 3 rings (SSSR count). The lowest BCUT2D eigenvalue weighted by atomic mass is 9.70. The molecule has 2 aliphatic rings. The lowest BCUT2D eigenvalue weighted by Crippen LogP contribution is -2.45.